The second-order valence-corrected chi connectivity index (χ2v) is 8.41. The molecule has 7 heteroatoms. The third-order valence-electron chi connectivity index (χ3n) is 4.04. The number of halogens is 1. The second kappa shape index (κ2) is 8.66. The molecular weight excluding hydrogens is 372 g/mol. The van der Waals surface area contributed by atoms with E-state index >= 15 is 0 Å². The predicted octanol–water partition coefficient (Wildman–Crippen LogP) is 3.28. The summed E-state index contributed by atoms with van der Waals surface area (Å²) in [5.41, 5.74) is 2.50. The molecule has 1 amide bonds. The summed E-state index contributed by atoms with van der Waals surface area (Å²) in [6.07, 6.45) is 0. The van der Waals surface area contributed by atoms with Gasteiger partial charge in [0.25, 0.3) is 0 Å². The van der Waals surface area contributed by atoms with E-state index in [4.69, 9.17) is 11.6 Å². The minimum Gasteiger partial charge on any atom is -0.337 e. The molecule has 0 radical (unpaired) electrons. The van der Waals surface area contributed by atoms with Gasteiger partial charge in [0.05, 0.1) is 4.90 Å². The molecule has 0 aromatic heterocycles. The molecule has 1 N–H and O–H groups in total. The molecule has 0 heterocycles. The van der Waals surface area contributed by atoms with Gasteiger partial charge in [-0.15, -0.1) is 0 Å². The fourth-order valence-electron chi connectivity index (χ4n) is 2.55. The van der Waals surface area contributed by atoms with E-state index in [1.807, 2.05) is 25.1 Å². The van der Waals surface area contributed by atoms with Gasteiger partial charge in [-0.25, -0.2) is 13.1 Å². The van der Waals surface area contributed by atoms with E-state index in [9.17, 15) is 13.2 Å². The standard InChI is InChI=1S/C19H23ClN2O3S/c1-14-4-5-15(2)19(12-14)26(24,25)21-10-11-22(16(3)23)13-17-6-8-18(20)9-7-17/h4-9,12,21H,10-11,13H2,1-3H3. The molecule has 0 aliphatic rings. The van der Waals surface area contributed by atoms with Crippen LogP contribution >= 0.6 is 11.6 Å². The Bertz CT molecular complexity index is 880. The maximum Gasteiger partial charge on any atom is 0.240 e. The Morgan fingerprint density at radius 3 is 2.38 bits per heavy atom. The zero-order valence-electron chi connectivity index (χ0n) is 15.1. The number of amides is 1. The summed E-state index contributed by atoms with van der Waals surface area (Å²) in [4.78, 5) is 13.7. The van der Waals surface area contributed by atoms with Crippen LogP contribution < -0.4 is 4.72 Å². The van der Waals surface area contributed by atoms with Crippen molar-refractivity contribution in [3.63, 3.8) is 0 Å². The SMILES string of the molecule is CC(=O)N(CCNS(=O)(=O)c1cc(C)ccc1C)Cc1ccc(Cl)cc1. The van der Waals surface area contributed by atoms with Crippen LogP contribution in [-0.4, -0.2) is 32.3 Å². The fraction of sp³-hybridized carbons (Fsp3) is 0.316. The summed E-state index contributed by atoms with van der Waals surface area (Å²) in [7, 11) is -3.62. The van der Waals surface area contributed by atoms with Gasteiger partial charge in [-0.1, -0.05) is 35.9 Å². The van der Waals surface area contributed by atoms with E-state index in [0.717, 1.165) is 11.1 Å². The lowest BCUT2D eigenvalue weighted by molar-refractivity contribution is -0.129. The minimum absolute atomic E-state index is 0.120. The van der Waals surface area contributed by atoms with Crippen LogP contribution in [0.2, 0.25) is 5.02 Å². The molecule has 2 aromatic rings. The summed E-state index contributed by atoms with van der Waals surface area (Å²) in [6.45, 7) is 5.90. The summed E-state index contributed by atoms with van der Waals surface area (Å²) in [5, 5.41) is 0.629. The van der Waals surface area contributed by atoms with Crippen molar-refractivity contribution in [2.45, 2.75) is 32.2 Å². The van der Waals surface area contributed by atoms with Crippen LogP contribution in [-0.2, 0) is 21.4 Å². The Morgan fingerprint density at radius 2 is 1.77 bits per heavy atom. The van der Waals surface area contributed by atoms with Gasteiger partial charge in [0, 0.05) is 31.6 Å². The van der Waals surface area contributed by atoms with E-state index in [0.29, 0.717) is 17.1 Å². The molecule has 5 nitrogen and oxygen atoms in total. The lowest BCUT2D eigenvalue weighted by atomic mass is 10.2. The number of nitrogens with zero attached hydrogens (tertiary/aromatic N) is 1. The quantitative estimate of drug-likeness (QED) is 0.783. The number of benzene rings is 2. The number of aryl methyl sites for hydroxylation is 2. The maximum atomic E-state index is 12.5. The molecule has 0 aliphatic carbocycles. The lowest BCUT2D eigenvalue weighted by Gasteiger charge is -2.21. The van der Waals surface area contributed by atoms with Crippen molar-refractivity contribution in [1.29, 1.82) is 0 Å². The molecule has 0 fully saturated rings. The van der Waals surface area contributed by atoms with Gasteiger partial charge in [-0.05, 0) is 48.7 Å². The van der Waals surface area contributed by atoms with Gasteiger partial charge in [0.15, 0.2) is 0 Å². The van der Waals surface area contributed by atoms with E-state index in [1.54, 1.807) is 36.1 Å². The zero-order chi connectivity index (χ0) is 19.3. The number of rotatable bonds is 7. The van der Waals surface area contributed by atoms with Gasteiger partial charge in [-0.2, -0.15) is 0 Å². The number of carbonyl (C=O) groups is 1. The first kappa shape index (κ1) is 20.4. The molecule has 0 spiro atoms. The van der Waals surface area contributed by atoms with Crippen LogP contribution in [0.15, 0.2) is 47.4 Å². The van der Waals surface area contributed by atoms with Gasteiger partial charge in [0.1, 0.15) is 0 Å². The minimum atomic E-state index is -3.62. The fourth-order valence-corrected chi connectivity index (χ4v) is 4.02. The number of hydrogen-bond donors (Lipinski definition) is 1. The Balaban J connectivity index is 2.01. The number of hydrogen-bond acceptors (Lipinski definition) is 3. The topological polar surface area (TPSA) is 66.5 Å². The van der Waals surface area contributed by atoms with Crippen LogP contribution in [0, 0.1) is 13.8 Å². The van der Waals surface area contributed by atoms with Crippen molar-refractivity contribution in [1.82, 2.24) is 9.62 Å². The van der Waals surface area contributed by atoms with E-state index in [1.165, 1.54) is 6.92 Å². The molecule has 2 aromatic carbocycles. The molecule has 0 aliphatic heterocycles. The highest BCUT2D eigenvalue weighted by Gasteiger charge is 2.17. The Morgan fingerprint density at radius 1 is 1.12 bits per heavy atom. The van der Waals surface area contributed by atoms with Crippen molar-refractivity contribution in [3.05, 3.63) is 64.2 Å². The molecule has 0 bridgehead atoms. The van der Waals surface area contributed by atoms with Crippen LogP contribution in [0.5, 0.6) is 0 Å². The summed E-state index contributed by atoms with van der Waals surface area (Å²) in [5.74, 6) is -0.120. The Labute approximate surface area is 160 Å². The van der Waals surface area contributed by atoms with E-state index in [2.05, 4.69) is 4.72 Å². The molecule has 2 rings (SSSR count). The van der Waals surface area contributed by atoms with E-state index in [-0.39, 0.29) is 23.9 Å². The number of carbonyl (C=O) groups excluding carboxylic acids is 1. The zero-order valence-corrected chi connectivity index (χ0v) is 16.7. The largest absolute Gasteiger partial charge is 0.337 e. The van der Waals surface area contributed by atoms with Gasteiger partial charge in [-0.3, -0.25) is 4.79 Å². The highest BCUT2D eigenvalue weighted by Crippen LogP contribution is 2.16. The lowest BCUT2D eigenvalue weighted by Crippen LogP contribution is -2.37. The van der Waals surface area contributed by atoms with Crippen LogP contribution in [0.25, 0.3) is 0 Å². The Hall–Kier alpha value is -1.89. The first-order chi connectivity index (χ1) is 12.2. The second-order valence-electron chi connectivity index (χ2n) is 6.23. The molecule has 0 atom stereocenters. The molecule has 26 heavy (non-hydrogen) atoms. The summed E-state index contributed by atoms with van der Waals surface area (Å²) >= 11 is 5.87. The normalized spacial score (nSPS) is 11.4. The smallest absolute Gasteiger partial charge is 0.240 e. The van der Waals surface area contributed by atoms with Gasteiger partial charge >= 0.3 is 0 Å². The van der Waals surface area contributed by atoms with Crippen LogP contribution in [0.1, 0.15) is 23.6 Å². The molecule has 140 valence electrons. The van der Waals surface area contributed by atoms with Gasteiger partial charge < -0.3 is 4.90 Å². The third kappa shape index (κ3) is 5.56. The average Bonchev–Trinajstić information content (AvgIpc) is 2.57. The predicted molar refractivity (Wildman–Crippen MR) is 104 cm³/mol. The van der Waals surface area contributed by atoms with Crippen molar-refractivity contribution in [2.75, 3.05) is 13.1 Å². The molecule has 0 unspecified atom stereocenters. The highest BCUT2D eigenvalue weighted by atomic mass is 35.5. The van der Waals surface area contributed by atoms with Crippen molar-refractivity contribution < 1.29 is 13.2 Å². The van der Waals surface area contributed by atoms with Gasteiger partial charge in [0.2, 0.25) is 15.9 Å². The number of nitrogens with one attached hydrogen (secondary N) is 1. The molecule has 0 saturated carbocycles. The van der Waals surface area contributed by atoms with Crippen LogP contribution in [0.4, 0.5) is 0 Å². The number of sulfonamides is 1. The van der Waals surface area contributed by atoms with Crippen LogP contribution in [0.3, 0.4) is 0 Å². The monoisotopic (exact) mass is 394 g/mol. The molecule has 0 saturated heterocycles. The van der Waals surface area contributed by atoms with Crippen molar-refractivity contribution in [2.24, 2.45) is 0 Å². The highest BCUT2D eigenvalue weighted by molar-refractivity contribution is 7.89. The summed E-state index contributed by atoms with van der Waals surface area (Å²) < 4.78 is 27.6. The average molecular weight is 395 g/mol. The first-order valence-electron chi connectivity index (χ1n) is 8.26. The Kier molecular flexibility index (Phi) is 6.81. The van der Waals surface area contributed by atoms with E-state index < -0.39 is 10.0 Å². The first-order valence-corrected chi connectivity index (χ1v) is 10.1. The van der Waals surface area contributed by atoms with Crippen molar-refractivity contribution >= 4 is 27.5 Å². The molecular formula is C19H23ClN2O3S. The third-order valence-corrected chi connectivity index (χ3v) is 5.89. The van der Waals surface area contributed by atoms with Crippen molar-refractivity contribution in [3.8, 4) is 0 Å². The maximum absolute atomic E-state index is 12.5. The summed E-state index contributed by atoms with van der Waals surface area (Å²) in [6, 6.07) is 12.5.